The molecule has 1 unspecified atom stereocenters. The van der Waals surface area contributed by atoms with Crippen molar-refractivity contribution in [3.05, 3.63) is 18.4 Å². The van der Waals surface area contributed by atoms with Gasteiger partial charge >= 0.3 is 0 Å². The third-order valence-electron chi connectivity index (χ3n) is 1.08. The maximum absolute atomic E-state index is 5.52. The van der Waals surface area contributed by atoms with Crippen LogP contribution in [0.4, 0.5) is 0 Å². The summed E-state index contributed by atoms with van der Waals surface area (Å²) < 4.78 is 5.52. The summed E-state index contributed by atoms with van der Waals surface area (Å²) in [6.45, 7) is 9.58. The van der Waals surface area contributed by atoms with Crippen molar-refractivity contribution in [2.24, 2.45) is 0 Å². The topological polar surface area (TPSA) is 27.7 Å². The minimum atomic E-state index is -0.409. The number of halogens is 1. The van der Waals surface area contributed by atoms with Gasteiger partial charge in [0, 0.05) is 0 Å². The molecule has 0 aromatic heterocycles. The Morgan fingerprint density at radius 3 is 2.57 bits per heavy atom. The monoisotopic (exact) mass is 264 g/mol. The van der Waals surface area contributed by atoms with Crippen molar-refractivity contribution in [2.45, 2.75) is 32.7 Å². The second-order valence-electron chi connectivity index (χ2n) is 3.60. The van der Waals surface area contributed by atoms with Crippen LogP contribution in [0.15, 0.2) is 18.4 Å². The largest absolute Gasteiger partial charge is 0.343 e. The molecule has 0 heterocycles. The van der Waals surface area contributed by atoms with Gasteiger partial charge in [0.1, 0.15) is 6.61 Å². The number of hydrogen-bond donors (Lipinski definition) is 0. The molecule has 82 valence electrons. The van der Waals surface area contributed by atoms with Crippen LogP contribution in [0.2, 0.25) is 0 Å². The molecule has 0 N–H and O–H groups in total. The van der Waals surface area contributed by atoms with Crippen LogP contribution in [0.3, 0.4) is 0 Å². The van der Waals surface area contributed by atoms with E-state index in [0.717, 1.165) is 0 Å². The summed E-state index contributed by atoms with van der Waals surface area (Å²) in [4.78, 5) is 9.86. The Kier molecular flexibility index (Phi) is 7.15. The smallest absolute Gasteiger partial charge is 0.201 e. The van der Waals surface area contributed by atoms with Gasteiger partial charge in [-0.2, -0.15) is 0 Å². The van der Waals surface area contributed by atoms with Crippen LogP contribution in [-0.2, 0) is 14.5 Å². The number of rotatable bonds is 6. The maximum Gasteiger partial charge on any atom is 0.201 e. The number of ether oxygens (including phenoxy) is 1. The molecule has 0 spiro atoms. The van der Waals surface area contributed by atoms with Crippen molar-refractivity contribution in [1.29, 1.82) is 0 Å². The molecule has 14 heavy (non-hydrogen) atoms. The molecule has 0 aromatic carbocycles. The summed E-state index contributed by atoms with van der Waals surface area (Å²) in [7, 11) is 0. The van der Waals surface area contributed by atoms with E-state index in [4.69, 9.17) is 14.5 Å². The second kappa shape index (κ2) is 7.21. The fourth-order valence-corrected chi connectivity index (χ4v) is 0.919. The summed E-state index contributed by atoms with van der Waals surface area (Å²) in [6, 6.07) is 0. The van der Waals surface area contributed by atoms with Crippen LogP contribution >= 0.6 is 15.9 Å². The highest BCUT2D eigenvalue weighted by Crippen LogP contribution is 2.13. The van der Waals surface area contributed by atoms with Crippen LogP contribution in [0.1, 0.15) is 20.8 Å². The van der Waals surface area contributed by atoms with Gasteiger partial charge in [0.2, 0.25) is 6.29 Å². The molecule has 0 amide bonds. The molecule has 0 saturated carbocycles. The van der Waals surface area contributed by atoms with E-state index in [0.29, 0.717) is 11.9 Å². The zero-order chi connectivity index (χ0) is 11.0. The van der Waals surface area contributed by atoms with E-state index in [1.54, 1.807) is 6.08 Å². The van der Waals surface area contributed by atoms with Gasteiger partial charge in [0.15, 0.2) is 0 Å². The zero-order valence-electron chi connectivity index (χ0n) is 8.88. The predicted octanol–water partition coefficient (Wildman–Crippen LogP) is 2.81. The first-order valence-corrected chi connectivity index (χ1v) is 5.48. The van der Waals surface area contributed by atoms with Crippen molar-refractivity contribution >= 4 is 15.9 Å². The quantitative estimate of drug-likeness (QED) is 0.184. The van der Waals surface area contributed by atoms with Gasteiger partial charge in [-0.05, 0) is 26.8 Å². The first-order valence-electron chi connectivity index (χ1n) is 4.36. The van der Waals surface area contributed by atoms with E-state index in [2.05, 4.69) is 28.2 Å². The zero-order valence-corrected chi connectivity index (χ0v) is 10.5. The highest BCUT2D eigenvalue weighted by Gasteiger charge is 2.18. The van der Waals surface area contributed by atoms with Gasteiger partial charge in [-0.1, -0.05) is 22.5 Å². The van der Waals surface area contributed by atoms with Crippen LogP contribution in [0.25, 0.3) is 0 Å². The molecule has 1 atom stereocenters. The van der Waals surface area contributed by atoms with E-state index in [9.17, 15) is 0 Å². The van der Waals surface area contributed by atoms with Gasteiger partial charge in [0.05, 0.1) is 10.9 Å². The van der Waals surface area contributed by atoms with Gasteiger partial charge in [-0.3, -0.25) is 0 Å². The lowest BCUT2D eigenvalue weighted by Gasteiger charge is -2.25. The third kappa shape index (κ3) is 8.48. The van der Waals surface area contributed by atoms with Crippen molar-refractivity contribution < 1.29 is 14.5 Å². The van der Waals surface area contributed by atoms with Crippen LogP contribution in [0, 0.1) is 0 Å². The van der Waals surface area contributed by atoms with Crippen molar-refractivity contribution in [1.82, 2.24) is 0 Å². The molecule has 0 fully saturated rings. The first-order chi connectivity index (χ1) is 6.49. The summed E-state index contributed by atoms with van der Waals surface area (Å²) in [5.41, 5.74) is 2.32. The fourth-order valence-electron chi connectivity index (χ4n) is 0.679. The summed E-state index contributed by atoms with van der Waals surface area (Å²) >= 11 is 3.27. The van der Waals surface area contributed by atoms with Crippen LogP contribution in [-0.4, -0.2) is 23.8 Å². The summed E-state index contributed by atoms with van der Waals surface area (Å²) in [5, 5.41) is 0.558. The highest BCUT2D eigenvalue weighted by atomic mass is 79.9. The first kappa shape index (κ1) is 13.9. The highest BCUT2D eigenvalue weighted by molar-refractivity contribution is 9.09. The Morgan fingerprint density at radius 1 is 1.50 bits per heavy atom. The fraction of sp³-hybridized carbons (Fsp3) is 0.700. The van der Waals surface area contributed by atoms with Crippen LogP contribution in [0.5, 0.6) is 0 Å². The molecule has 0 saturated heterocycles. The molecular formula is C10H17BrO3. The summed E-state index contributed by atoms with van der Waals surface area (Å²) in [5.74, 6) is 0. The van der Waals surface area contributed by atoms with E-state index in [-0.39, 0.29) is 5.60 Å². The summed E-state index contributed by atoms with van der Waals surface area (Å²) in [6.07, 6.45) is 1.22. The molecule has 4 heteroatoms. The van der Waals surface area contributed by atoms with Gasteiger partial charge in [0.25, 0.3) is 0 Å². The van der Waals surface area contributed by atoms with Crippen molar-refractivity contribution in [3.63, 3.8) is 0 Å². The Balaban J connectivity index is 3.74. The van der Waals surface area contributed by atoms with Gasteiger partial charge in [-0.15, -0.1) is 5.73 Å². The normalized spacial score (nSPS) is 13.4. The Labute approximate surface area is 93.8 Å². The SMILES string of the molecule is C=C=CCOOC(CBr)OC(C)(C)C. The molecule has 0 bridgehead atoms. The van der Waals surface area contributed by atoms with E-state index < -0.39 is 6.29 Å². The Bertz CT molecular complexity index is 192. The number of hydrogen-bond acceptors (Lipinski definition) is 3. The standard InChI is InChI=1S/C10H17BrO3/c1-5-6-7-12-14-9(8-11)13-10(2,3)4/h6,9H,1,7-8H2,2-4H3. The Morgan fingerprint density at radius 2 is 2.14 bits per heavy atom. The average Bonchev–Trinajstić information content (AvgIpc) is 2.08. The van der Waals surface area contributed by atoms with E-state index >= 15 is 0 Å². The molecule has 3 nitrogen and oxygen atoms in total. The minimum Gasteiger partial charge on any atom is -0.343 e. The Hall–Kier alpha value is -0.120. The van der Waals surface area contributed by atoms with Crippen LogP contribution < -0.4 is 0 Å². The van der Waals surface area contributed by atoms with E-state index in [1.165, 1.54) is 0 Å². The molecule has 0 rings (SSSR count). The maximum atomic E-state index is 5.52. The lowest BCUT2D eigenvalue weighted by atomic mass is 10.2. The molecule has 0 aliphatic heterocycles. The van der Waals surface area contributed by atoms with E-state index in [1.807, 2.05) is 20.8 Å². The predicted molar refractivity (Wildman–Crippen MR) is 59.2 cm³/mol. The lowest BCUT2D eigenvalue weighted by molar-refractivity contribution is -0.378. The molecule has 0 aromatic rings. The van der Waals surface area contributed by atoms with Gasteiger partial charge in [-0.25, -0.2) is 9.78 Å². The molecule has 0 radical (unpaired) electrons. The second-order valence-corrected chi connectivity index (χ2v) is 4.25. The lowest BCUT2D eigenvalue weighted by Crippen LogP contribution is -2.30. The third-order valence-corrected chi connectivity index (χ3v) is 1.61. The minimum absolute atomic E-state index is 0.254. The molecule has 0 aliphatic carbocycles. The molecule has 0 aliphatic rings. The van der Waals surface area contributed by atoms with Crippen molar-refractivity contribution in [3.8, 4) is 0 Å². The van der Waals surface area contributed by atoms with Crippen molar-refractivity contribution in [2.75, 3.05) is 11.9 Å². The molecular weight excluding hydrogens is 248 g/mol. The number of alkyl halides is 1. The average molecular weight is 265 g/mol. The van der Waals surface area contributed by atoms with Gasteiger partial charge < -0.3 is 4.74 Å².